The van der Waals surface area contributed by atoms with E-state index in [1.807, 2.05) is 25.1 Å². The highest BCUT2D eigenvalue weighted by atomic mass is 16.4. The summed E-state index contributed by atoms with van der Waals surface area (Å²) in [7, 11) is 0. The number of rotatable bonds is 4. The molecular formula is C15H19NO3. The van der Waals surface area contributed by atoms with E-state index in [4.69, 9.17) is 5.11 Å². The number of carbonyl (C=O) groups excluding carboxylic acids is 1. The average Bonchev–Trinajstić information content (AvgIpc) is 3.08. The van der Waals surface area contributed by atoms with Gasteiger partial charge < -0.3 is 10.4 Å². The van der Waals surface area contributed by atoms with Crippen molar-refractivity contribution in [2.45, 2.75) is 33.1 Å². The van der Waals surface area contributed by atoms with Crippen LogP contribution in [0.15, 0.2) is 18.2 Å². The zero-order valence-electron chi connectivity index (χ0n) is 11.4. The number of carboxylic acids is 1. The number of anilines is 1. The highest BCUT2D eigenvalue weighted by Gasteiger charge is 2.48. The molecule has 1 aliphatic rings. The number of hydrogen-bond donors (Lipinski definition) is 2. The first-order valence-corrected chi connectivity index (χ1v) is 6.54. The lowest BCUT2D eigenvalue weighted by Crippen LogP contribution is -2.17. The molecule has 1 amide bonds. The monoisotopic (exact) mass is 261 g/mol. The largest absolute Gasteiger partial charge is 0.481 e. The summed E-state index contributed by atoms with van der Waals surface area (Å²) < 4.78 is 0. The zero-order valence-corrected chi connectivity index (χ0v) is 11.4. The van der Waals surface area contributed by atoms with Crippen LogP contribution in [0.2, 0.25) is 0 Å². The van der Waals surface area contributed by atoms with Crippen molar-refractivity contribution in [2.75, 3.05) is 5.32 Å². The first-order valence-electron chi connectivity index (χ1n) is 6.54. The van der Waals surface area contributed by atoms with E-state index in [2.05, 4.69) is 19.2 Å². The van der Waals surface area contributed by atoms with Gasteiger partial charge in [-0.05, 0) is 42.5 Å². The summed E-state index contributed by atoms with van der Waals surface area (Å²) in [6, 6.07) is 5.82. The van der Waals surface area contributed by atoms with Crippen LogP contribution in [0.1, 0.15) is 37.3 Å². The van der Waals surface area contributed by atoms with E-state index in [1.54, 1.807) is 0 Å². The zero-order chi connectivity index (χ0) is 14.2. The Hall–Kier alpha value is -1.84. The second kappa shape index (κ2) is 5.03. The highest BCUT2D eigenvalue weighted by Crippen LogP contribution is 2.39. The Kier molecular flexibility index (Phi) is 3.60. The lowest BCUT2D eigenvalue weighted by Gasteiger charge is -2.12. The summed E-state index contributed by atoms with van der Waals surface area (Å²) in [5.74, 6) is -1.50. The van der Waals surface area contributed by atoms with Crippen LogP contribution in [0.4, 0.5) is 5.69 Å². The molecule has 0 aromatic heterocycles. The second-order valence-corrected chi connectivity index (χ2v) is 5.50. The maximum Gasteiger partial charge on any atom is 0.307 e. The van der Waals surface area contributed by atoms with Gasteiger partial charge in [0.2, 0.25) is 5.91 Å². The summed E-state index contributed by atoms with van der Waals surface area (Å²) in [5, 5.41) is 11.6. The Morgan fingerprint density at radius 3 is 2.47 bits per heavy atom. The molecule has 1 aliphatic carbocycles. The smallest absolute Gasteiger partial charge is 0.307 e. The van der Waals surface area contributed by atoms with Crippen molar-refractivity contribution >= 4 is 17.6 Å². The van der Waals surface area contributed by atoms with E-state index in [0.717, 1.165) is 11.3 Å². The van der Waals surface area contributed by atoms with Gasteiger partial charge in [0.05, 0.1) is 11.8 Å². The SMILES string of the molecule is Cc1cc(NC(=O)[C@H]2C[C@H]2C(=O)O)ccc1C(C)C. The number of aryl methyl sites for hydroxylation is 1. The number of benzene rings is 1. The Morgan fingerprint density at radius 1 is 1.32 bits per heavy atom. The normalized spacial score (nSPS) is 21.3. The fourth-order valence-corrected chi connectivity index (χ4v) is 2.39. The first-order chi connectivity index (χ1) is 8.90. The van der Waals surface area contributed by atoms with Crippen LogP contribution in [-0.2, 0) is 9.59 Å². The topological polar surface area (TPSA) is 66.4 Å². The highest BCUT2D eigenvalue weighted by molar-refractivity contribution is 5.98. The molecular weight excluding hydrogens is 242 g/mol. The molecule has 2 N–H and O–H groups in total. The molecule has 0 aliphatic heterocycles. The maximum atomic E-state index is 11.8. The fraction of sp³-hybridized carbons (Fsp3) is 0.467. The molecule has 1 fully saturated rings. The summed E-state index contributed by atoms with van der Waals surface area (Å²) in [6.07, 6.45) is 0.449. The molecule has 0 saturated heterocycles. The summed E-state index contributed by atoms with van der Waals surface area (Å²) in [4.78, 5) is 22.6. The molecule has 1 aromatic rings. The van der Waals surface area contributed by atoms with Crippen molar-refractivity contribution in [3.63, 3.8) is 0 Å². The molecule has 19 heavy (non-hydrogen) atoms. The number of carbonyl (C=O) groups is 2. The summed E-state index contributed by atoms with van der Waals surface area (Å²) >= 11 is 0. The predicted octanol–water partition coefficient (Wildman–Crippen LogP) is 2.78. The lowest BCUT2D eigenvalue weighted by molar-refractivity contribution is -0.139. The Morgan fingerprint density at radius 2 is 2.00 bits per heavy atom. The molecule has 4 heteroatoms. The van der Waals surface area contributed by atoms with Gasteiger partial charge in [-0.25, -0.2) is 0 Å². The minimum atomic E-state index is -0.883. The van der Waals surface area contributed by atoms with Crippen molar-refractivity contribution in [2.24, 2.45) is 11.8 Å². The Balaban J connectivity index is 2.02. The van der Waals surface area contributed by atoms with Gasteiger partial charge in [-0.15, -0.1) is 0 Å². The number of carboxylic acid groups (broad SMARTS) is 1. The molecule has 2 rings (SSSR count). The maximum absolute atomic E-state index is 11.8. The third-order valence-corrected chi connectivity index (χ3v) is 3.60. The number of aliphatic carboxylic acids is 1. The van der Waals surface area contributed by atoms with Crippen molar-refractivity contribution < 1.29 is 14.7 Å². The van der Waals surface area contributed by atoms with Gasteiger partial charge in [0.15, 0.2) is 0 Å². The second-order valence-electron chi connectivity index (χ2n) is 5.50. The molecule has 1 aromatic carbocycles. The minimum absolute atomic E-state index is 0.191. The third-order valence-electron chi connectivity index (χ3n) is 3.60. The van der Waals surface area contributed by atoms with Crippen LogP contribution in [0.25, 0.3) is 0 Å². The van der Waals surface area contributed by atoms with Crippen LogP contribution in [0.5, 0.6) is 0 Å². The van der Waals surface area contributed by atoms with E-state index in [-0.39, 0.29) is 11.8 Å². The Labute approximate surface area is 112 Å². The van der Waals surface area contributed by atoms with E-state index in [9.17, 15) is 9.59 Å². The molecule has 0 heterocycles. The van der Waals surface area contributed by atoms with Crippen LogP contribution in [0, 0.1) is 18.8 Å². The van der Waals surface area contributed by atoms with Gasteiger partial charge >= 0.3 is 5.97 Å². The molecule has 1 saturated carbocycles. The molecule has 102 valence electrons. The van der Waals surface area contributed by atoms with Crippen molar-refractivity contribution in [3.05, 3.63) is 29.3 Å². The molecule has 0 bridgehead atoms. The van der Waals surface area contributed by atoms with Gasteiger partial charge in [0, 0.05) is 5.69 Å². The number of amides is 1. The van der Waals surface area contributed by atoms with Gasteiger partial charge in [-0.1, -0.05) is 19.9 Å². The summed E-state index contributed by atoms with van der Waals surface area (Å²) in [5.41, 5.74) is 3.13. The Bertz CT molecular complexity index is 522. The van der Waals surface area contributed by atoms with Crippen LogP contribution in [0.3, 0.4) is 0 Å². The molecule has 0 spiro atoms. The van der Waals surface area contributed by atoms with Gasteiger partial charge in [-0.2, -0.15) is 0 Å². The van der Waals surface area contributed by atoms with E-state index in [1.165, 1.54) is 5.56 Å². The quantitative estimate of drug-likeness (QED) is 0.875. The minimum Gasteiger partial charge on any atom is -0.481 e. The van der Waals surface area contributed by atoms with Gasteiger partial charge in [0.25, 0.3) is 0 Å². The van der Waals surface area contributed by atoms with Crippen LogP contribution >= 0.6 is 0 Å². The average molecular weight is 261 g/mol. The van der Waals surface area contributed by atoms with Crippen LogP contribution < -0.4 is 5.32 Å². The standard InChI is InChI=1S/C15H19NO3/c1-8(2)11-5-4-10(6-9(11)3)16-14(17)12-7-13(12)15(18)19/h4-6,8,12-13H,7H2,1-3H3,(H,16,17)(H,18,19)/t12-,13+/m0/s1. The first kappa shape index (κ1) is 13.6. The lowest BCUT2D eigenvalue weighted by atomic mass is 9.97. The molecule has 2 atom stereocenters. The number of hydrogen-bond acceptors (Lipinski definition) is 2. The van der Waals surface area contributed by atoms with Crippen molar-refractivity contribution in [1.29, 1.82) is 0 Å². The van der Waals surface area contributed by atoms with E-state index < -0.39 is 11.9 Å². The van der Waals surface area contributed by atoms with Crippen LogP contribution in [-0.4, -0.2) is 17.0 Å². The fourth-order valence-electron chi connectivity index (χ4n) is 2.39. The van der Waals surface area contributed by atoms with E-state index >= 15 is 0 Å². The predicted molar refractivity (Wildman–Crippen MR) is 73.1 cm³/mol. The van der Waals surface area contributed by atoms with Crippen molar-refractivity contribution in [1.82, 2.24) is 0 Å². The van der Waals surface area contributed by atoms with Gasteiger partial charge in [0.1, 0.15) is 0 Å². The molecule has 0 unspecified atom stereocenters. The van der Waals surface area contributed by atoms with Gasteiger partial charge in [-0.3, -0.25) is 9.59 Å². The third kappa shape index (κ3) is 2.95. The summed E-state index contributed by atoms with van der Waals surface area (Å²) in [6.45, 7) is 6.27. The molecule has 4 nitrogen and oxygen atoms in total. The van der Waals surface area contributed by atoms with E-state index in [0.29, 0.717) is 12.3 Å². The number of nitrogens with one attached hydrogen (secondary N) is 1. The molecule has 0 radical (unpaired) electrons. The van der Waals surface area contributed by atoms with Crippen molar-refractivity contribution in [3.8, 4) is 0 Å².